The van der Waals surface area contributed by atoms with E-state index in [0.717, 1.165) is 10.0 Å². The maximum Gasteiger partial charge on any atom is 0.407 e. The van der Waals surface area contributed by atoms with Crippen LogP contribution < -0.4 is 5.32 Å². The molecule has 0 aliphatic carbocycles. The van der Waals surface area contributed by atoms with Gasteiger partial charge in [0.15, 0.2) is 0 Å². The number of nitrogens with one attached hydrogen (secondary N) is 1. The van der Waals surface area contributed by atoms with E-state index in [0.29, 0.717) is 13.0 Å². The number of rotatable bonds is 4. The molecular formula is C12H16BrNO2. The van der Waals surface area contributed by atoms with Crippen LogP contribution in [0.15, 0.2) is 28.7 Å². The largest absolute Gasteiger partial charge is 0.449 e. The van der Waals surface area contributed by atoms with Gasteiger partial charge in [-0.3, -0.25) is 0 Å². The van der Waals surface area contributed by atoms with Crippen molar-refractivity contribution in [2.45, 2.75) is 26.3 Å². The van der Waals surface area contributed by atoms with E-state index < -0.39 is 0 Å². The molecule has 0 radical (unpaired) electrons. The lowest BCUT2D eigenvalue weighted by atomic mass is 10.2. The van der Waals surface area contributed by atoms with Crippen LogP contribution in [0.5, 0.6) is 0 Å². The molecule has 0 spiro atoms. The van der Waals surface area contributed by atoms with Crippen molar-refractivity contribution in [3.63, 3.8) is 0 Å². The summed E-state index contributed by atoms with van der Waals surface area (Å²) in [6, 6.07) is 8.02. The molecule has 0 saturated carbocycles. The highest BCUT2D eigenvalue weighted by molar-refractivity contribution is 9.10. The minimum atomic E-state index is -0.359. The summed E-state index contributed by atoms with van der Waals surface area (Å²) >= 11 is 3.45. The van der Waals surface area contributed by atoms with Gasteiger partial charge < -0.3 is 10.1 Å². The van der Waals surface area contributed by atoms with Gasteiger partial charge in [-0.05, 0) is 25.5 Å². The smallest absolute Gasteiger partial charge is 0.407 e. The predicted octanol–water partition coefficient (Wildman–Crippen LogP) is 3.13. The van der Waals surface area contributed by atoms with Crippen LogP contribution in [-0.2, 0) is 11.2 Å². The van der Waals surface area contributed by atoms with Gasteiger partial charge in [-0.25, -0.2) is 4.79 Å². The van der Waals surface area contributed by atoms with Crippen LogP contribution in [-0.4, -0.2) is 18.7 Å². The topological polar surface area (TPSA) is 38.3 Å². The third-order valence-corrected chi connectivity index (χ3v) is 2.74. The molecule has 0 atom stereocenters. The van der Waals surface area contributed by atoms with Crippen molar-refractivity contribution in [1.29, 1.82) is 0 Å². The number of ether oxygens (including phenoxy) is 1. The van der Waals surface area contributed by atoms with E-state index in [4.69, 9.17) is 4.74 Å². The molecule has 0 aliphatic heterocycles. The summed E-state index contributed by atoms with van der Waals surface area (Å²) in [6.07, 6.45) is 0.356. The van der Waals surface area contributed by atoms with E-state index in [1.54, 1.807) is 0 Å². The molecule has 1 N–H and O–H groups in total. The van der Waals surface area contributed by atoms with Crippen molar-refractivity contribution in [2.24, 2.45) is 0 Å². The van der Waals surface area contributed by atoms with Gasteiger partial charge in [-0.2, -0.15) is 0 Å². The number of amides is 1. The van der Waals surface area contributed by atoms with Gasteiger partial charge in [-0.1, -0.05) is 34.1 Å². The highest BCUT2D eigenvalue weighted by Gasteiger charge is 2.04. The van der Waals surface area contributed by atoms with Gasteiger partial charge in [0.05, 0.1) is 6.61 Å². The van der Waals surface area contributed by atoms with Crippen LogP contribution in [0.4, 0.5) is 4.79 Å². The molecule has 0 aliphatic rings. The zero-order valence-corrected chi connectivity index (χ0v) is 11.1. The van der Waals surface area contributed by atoms with E-state index in [1.807, 2.05) is 38.1 Å². The first kappa shape index (κ1) is 13.0. The number of carbonyl (C=O) groups is 1. The Labute approximate surface area is 104 Å². The van der Waals surface area contributed by atoms with E-state index in [9.17, 15) is 4.79 Å². The Morgan fingerprint density at radius 1 is 1.44 bits per heavy atom. The molecule has 1 aromatic carbocycles. The van der Waals surface area contributed by atoms with Crippen LogP contribution in [0.2, 0.25) is 0 Å². The lowest BCUT2D eigenvalue weighted by molar-refractivity contribution is 0.145. The second-order valence-electron chi connectivity index (χ2n) is 3.78. The number of hydrogen-bond acceptors (Lipinski definition) is 2. The summed E-state index contributed by atoms with van der Waals surface area (Å²) in [4.78, 5) is 11.2. The van der Waals surface area contributed by atoms with Crippen molar-refractivity contribution < 1.29 is 9.53 Å². The number of benzene rings is 1. The molecule has 0 bridgehead atoms. The molecule has 0 unspecified atom stereocenters. The number of alkyl carbamates (subject to hydrolysis) is 1. The molecule has 0 saturated heterocycles. The SMILES string of the molecule is CC(C)NC(=O)OCCc1ccccc1Br. The Bertz CT molecular complexity index is 353. The van der Waals surface area contributed by atoms with Crippen LogP contribution in [0.25, 0.3) is 0 Å². The van der Waals surface area contributed by atoms with Gasteiger partial charge in [0, 0.05) is 16.9 Å². The van der Waals surface area contributed by atoms with Crippen molar-refractivity contribution in [2.75, 3.05) is 6.61 Å². The first-order chi connectivity index (χ1) is 7.59. The molecule has 88 valence electrons. The quantitative estimate of drug-likeness (QED) is 0.923. The second kappa shape index (κ2) is 6.53. The molecule has 0 heterocycles. The highest BCUT2D eigenvalue weighted by Crippen LogP contribution is 2.16. The normalized spacial score (nSPS) is 10.2. The summed E-state index contributed by atoms with van der Waals surface area (Å²) in [7, 11) is 0. The first-order valence-corrected chi connectivity index (χ1v) is 6.05. The molecule has 0 aromatic heterocycles. The van der Waals surface area contributed by atoms with Crippen LogP contribution >= 0.6 is 15.9 Å². The van der Waals surface area contributed by atoms with E-state index in [-0.39, 0.29) is 12.1 Å². The standard InChI is InChI=1S/C12H16BrNO2/c1-9(2)14-12(15)16-8-7-10-5-3-4-6-11(10)13/h3-6,9H,7-8H2,1-2H3,(H,14,15). The number of carbonyl (C=O) groups excluding carboxylic acids is 1. The van der Waals surface area contributed by atoms with E-state index in [1.165, 1.54) is 0 Å². The fourth-order valence-electron chi connectivity index (χ4n) is 1.23. The third-order valence-electron chi connectivity index (χ3n) is 1.97. The van der Waals surface area contributed by atoms with Crippen molar-refractivity contribution in [3.8, 4) is 0 Å². The Morgan fingerprint density at radius 2 is 2.12 bits per heavy atom. The average molecular weight is 286 g/mol. The van der Waals surface area contributed by atoms with Gasteiger partial charge in [-0.15, -0.1) is 0 Å². The Kier molecular flexibility index (Phi) is 5.32. The molecular weight excluding hydrogens is 270 g/mol. The zero-order chi connectivity index (χ0) is 12.0. The van der Waals surface area contributed by atoms with Crippen molar-refractivity contribution in [1.82, 2.24) is 5.32 Å². The van der Waals surface area contributed by atoms with E-state index in [2.05, 4.69) is 21.2 Å². The van der Waals surface area contributed by atoms with Gasteiger partial charge in [0.25, 0.3) is 0 Å². The predicted molar refractivity (Wildman–Crippen MR) is 67.5 cm³/mol. The molecule has 0 fully saturated rings. The third kappa shape index (κ3) is 4.66. The molecule has 4 heteroatoms. The van der Waals surface area contributed by atoms with Crippen molar-refractivity contribution >= 4 is 22.0 Å². The Morgan fingerprint density at radius 3 is 2.75 bits per heavy atom. The summed E-state index contributed by atoms with van der Waals surface area (Å²) in [5.74, 6) is 0. The number of hydrogen-bond donors (Lipinski definition) is 1. The molecule has 1 aromatic rings. The maximum absolute atomic E-state index is 11.2. The minimum absolute atomic E-state index is 0.107. The van der Waals surface area contributed by atoms with Crippen LogP contribution in [0.1, 0.15) is 19.4 Å². The fraction of sp³-hybridized carbons (Fsp3) is 0.417. The zero-order valence-electron chi connectivity index (χ0n) is 9.50. The Balaban J connectivity index is 2.31. The van der Waals surface area contributed by atoms with Gasteiger partial charge in [0.1, 0.15) is 0 Å². The molecule has 1 rings (SSSR count). The Hall–Kier alpha value is -1.03. The first-order valence-electron chi connectivity index (χ1n) is 5.26. The maximum atomic E-state index is 11.2. The lowest BCUT2D eigenvalue weighted by Gasteiger charge is -2.09. The summed E-state index contributed by atoms with van der Waals surface area (Å²) < 4.78 is 6.09. The number of halogens is 1. The van der Waals surface area contributed by atoms with Crippen LogP contribution in [0, 0.1) is 0 Å². The fourth-order valence-corrected chi connectivity index (χ4v) is 1.72. The highest BCUT2D eigenvalue weighted by atomic mass is 79.9. The molecule has 16 heavy (non-hydrogen) atoms. The van der Waals surface area contributed by atoms with E-state index >= 15 is 0 Å². The molecule has 3 nitrogen and oxygen atoms in total. The van der Waals surface area contributed by atoms with Crippen LogP contribution in [0.3, 0.4) is 0 Å². The van der Waals surface area contributed by atoms with Crippen molar-refractivity contribution in [3.05, 3.63) is 34.3 Å². The summed E-state index contributed by atoms with van der Waals surface area (Å²) in [5, 5.41) is 2.67. The summed E-state index contributed by atoms with van der Waals surface area (Å²) in [6.45, 7) is 4.19. The molecule has 1 amide bonds. The average Bonchev–Trinajstić information content (AvgIpc) is 2.19. The summed E-state index contributed by atoms with van der Waals surface area (Å²) in [5.41, 5.74) is 1.14. The van der Waals surface area contributed by atoms with Gasteiger partial charge >= 0.3 is 6.09 Å². The lowest BCUT2D eigenvalue weighted by Crippen LogP contribution is -2.31. The minimum Gasteiger partial charge on any atom is -0.449 e. The monoisotopic (exact) mass is 285 g/mol. The second-order valence-corrected chi connectivity index (χ2v) is 4.63. The van der Waals surface area contributed by atoms with Gasteiger partial charge in [0.2, 0.25) is 0 Å².